The van der Waals surface area contributed by atoms with E-state index in [1.54, 1.807) is 24.3 Å². The summed E-state index contributed by atoms with van der Waals surface area (Å²) in [6.07, 6.45) is 1.48. The second-order valence-electron chi connectivity index (χ2n) is 4.62. The molecular weight excluding hydrogens is 459 g/mol. The second-order valence-corrected chi connectivity index (χ2v) is 6.73. The van der Waals surface area contributed by atoms with Crippen molar-refractivity contribution < 1.29 is 24.2 Å². The van der Waals surface area contributed by atoms with Crippen molar-refractivity contribution in [3.8, 4) is 11.5 Å². The first kappa shape index (κ1) is 19.2. The summed E-state index contributed by atoms with van der Waals surface area (Å²) in [4.78, 5) is 23.1. The van der Waals surface area contributed by atoms with Crippen molar-refractivity contribution in [2.45, 2.75) is 6.92 Å². The Kier molecular flexibility index (Phi) is 7.19. The van der Waals surface area contributed by atoms with E-state index in [9.17, 15) is 9.59 Å². The molecule has 0 aliphatic carbocycles. The Bertz CT molecular complexity index is 777. The molecule has 25 heavy (non-hydrogen) atoms. The van der Waals surface area contributed by atoms with Crippen molar-refractivity contribution in [1.29, 1.82) is 0 Å². The molecule has 7 nitrogen and oxygen atoms in total. The van der Waals surface area contributed by atoms with Crippen LogP contribution in [0, 0.1) is 3.57 Å². The smallest absolute Gasteiger partial charge is 0.341 e. The first-order valence-corrected chi connectivity index (χ1v) is 9.15. The number of carboxylic acid groups (broad SMARTS) is 1. The summed E-state index contributed by atoms with van der Waals surface area (Å²) in [7, 11) is 0. The standard InChI is InChI=1S/C16H15IN2O5S/c1-2-23-12-7-10(6-11(17)15(12)24-9-14(20)21)8-18-19-16(22)13-4-3-5-25-13/h3-8H,2,9H2,1H3,(H,19,22)(H,20,21). The minimum Gasteiger partial charge on any atom is -0.490 e. The van der Waals surface area contributed by atoms with E-state index in [-0.39, 0.29) is 5.91 Å². The van der Waals surface area contributed by atoms with Crippen LogP contribution in [0.5, 0.6) is 11.5 Å². The molecule has 1 aromatic heterocycles. The molecule has 0 aliphatic rings. The molecule has 1 aromatic carbocycles. The Morgan fingerprint density at radius 3 is 2.84 bits per heavy atom. The number of rotatable bonds is 8. The minimum atomic E-state index is -1.07. The van der Waals surface area contributed by atoms with Gasteiger partial charge in [-0.2, -0.15) is 5.10 Å². The monoisotopic (exact) mass is 474 g/mol. The fourth-order valence-corrected chi connectivity index (χ4v) is 3.22. The van der Waals surface area contributed by atoms with Crippen LogP contribution in [0.4, 0.5) is 0 Å². The zero-order valence-electron chi connectivity index (χ0n) is 13.2. The molecule has 132 valence electrons. The van der Waals surface area contributed by atoms with Gasteiger partial charge in [0, 0.05) is 0 Å². The third kappa shape index (κ3) is 5.71. The van der Waals surface area contributed by atoms with Crippen molar-refractivity contribution in [2.75, 3.05) is 13.2 Å². The third-order valence-corrected chi connectivity index (χ3v) is 4.47. The average Bonchev–Trinajstić information content (AvgIpc) is 3.08. The summed E-state index contributed by atoms with van der Waals surface area (Å²) in [5.41, 5.74) is 3.13. The highest BCUT2D eigenvalue weighted by molar-refractivity contribution is 14.1. The van der Waals surface area contributed by atoms with Gasteiger partial charge in [0.05, 0.1) is 21.3 Å². The van der Waals surface area contributed by atoms with E-state index in [1.807, 2.05) is 34.9 Å². The summed E-state index contributed by atoms with van der Waals surface area (Å²) in [6, 6.07) is 6.92. The normalized spacial score (nSPS) is 10.6. The summed E-state index contributed by atoms with van der Waals surface area (Å²) in [5, 5.41) is 14.5. The highest BCUT2D eigenvalue weighted by Crippen LogP contribution is 2.33. The molecule has 2 aromatic rings. The number of carbonyl (C=O) groups excluding carboxylic acids is 1. The Balaban J connectivity index is 2.13. The van der Waals surface area contributed by atoms with E-state index in [4.69, 9.17) is 14.6 Å². The van der Waals surface area contributed by atoms with Gasteiger partial charge in [0.15, 0.2) is 18.1 Å². The van der Waals surface area contributed by atoms with Gasteiger partial charge in [-0.3, -0.25) is 4.79 Å². The van der Waals surface area contributed by atoms with Crippen molar-refractivity contribution in [3.05, 3.63) is 43.7 Å². The van der Waals surface area contributed by atoms with Gasteiger partial charge in [0.25, 0.3) is 5.91 Å². The number of thiophene rings is 1. The van der Waals surface area contributed by atoms with Gasteiger partial charge in [0.2, 0.25) is 0 Å². The maximum absolute atomic E-state index is 11.8. The van der Waals surface area contributed by atoms with Crippen molar-refractivity contribution in [1.82, 2.24) is 5.43 Å². The van der Waals surface area contributed by atoms with Gasteiger partial charge < -0.3 is 14.6 Å². The van der Waals surface area contributed by atoms with Crippen LogP contribution in [0.2, 0.25) is 0 Å². The lowest BCUT2D eigenvalue weighted by atomic mass is 10.2. The molecule has 2 rings (SSSR count). The van der Waals surface area contributed by atoms with Crippen LogP contribution in [0.3, 0.4) is 0 Å². The first-order chi connectivity index (χ1) is 12.0. The Morgan fingerprint density at radius 1 is 1.40 bits per heavy atom. The average molecular weight is 474 g/mol. The summed E-state index contributed by atoms with van der Waals surface area (Å²) in [5.74, 6) is -0.570. The summed E-state index contributed by atoms with van der Waals surface area (Å²) >= 11 is 3.35. The molecule has 0 unspecified atom stereocenters. The molecule has 0 radical (unpaired) electrons. The molecule has 0 saturated heterocycles. The lowest BCUT2D eigenvalue weighted by molar-refractivity contribution is -0.139. The van der Waals surface area contributed by atoms with Gasteiger partial charge in [-0.15, -0.1) is 11.3 Å². The van der Waals surface area contributed by atoms with Crippen molar-refractivity contribution in [3.63, 3.8) is 0 Å². The fourth-order valence-electron chi connectivity index (χ4n) is 1.83. The molecule has 0 saturated carbocycles. The number of carbonyl (C=O) groups is 2. The molecular formula is C16H15IN2O5S. The maximum Gasteiger partial charge on any atom is 0.341 e. The summed E-state index contributed by atoms with van der Waals surface area (Å²) in [6.45, 7) is 1.76. The number of carboxylic acids is 1. The number of aliphatic carboxylic acids is 1. The molecule has 1 amide bonds. The Morgan fingerprint density at radius 2 is 2.20 bits per heavy atom. The van der Waals surface area contributed by atoms with E-state index >= 15 is 0 Å². The number of halogens is 1. The van der Waals surface area contributed by atoms with E-state index in [1.165, 1.54) is 17.6 Å². The van der Waals surface area contributed by atoms with Gasteiger partial charge in [-0.25, -0.2) is 10.2 Å². The van der Waals surface area contributed by atoms with Crippen LogP contribution in [0.25, 0.3) is 0 Å². The number of nitrogens with one attached hydrogen (secondary N) is 1. The number of hydrazone groups is 1. The number of hydrogen-bond acceptors (Lipinski definition) is 6. The Labute approximate surface area is 161 Å². The maximum atomic E-state index is 11.8. The SMILES string of the molecule is CCOc1cc(C=NNC(=O)c2cccs2)cc(I)c1OCC(=O)O. The van der Waals surface area contributed by atoms with Crippen LogP contribution in [-0.4, -0.2) is 36.4 Å². The predicted octanol–water partition coefficient (Wildman–Crippen LogP) is 2.98. The molecule has 9 heteroatoms. The van der Waals surface area contributed by atoms with E-state index < -0.39 is 12.6 Å². The Hall–Kier alpha value is -2.14. The molecule has 0 spiro atoms. The lowest BCUT2D eigenvalue weighted by Gasteiger charge is -2.13. The highest BCUT2D eigenvalue weighted by Gasteiger charge is 2.13. The number of nitrogens with zero attached hydrogens (tertiary/aromatic N) is 1. The number of hydrogen-bond donors (Lipinski definition) is 2. The lowest BCUT2D eigenvalue weighted by Crippen LogP contribution is -2.16. The molecule has 0 atom stereocenters. The zero-order chi connectivity index (χ0) is 18.2. The van der Waals surface area contributed by atoms with Crippen LogP contribution < -0.4 is 14.9 Å². The van der Waals surface area contributed by atoms with Crippen LogP contribution >= 0.6 is 33.9 Å². The van der Waals surface area contributed by atoms with Gasteiger partial charge in [-0.05, 0) is 58.7 Å². The molecule has 2 N–H and O–H groups in total. The van der Waals surface area contributed by atoms with Crippen LogP contribution in [0.1, 0.15) is 22.2 Å². The first-order valence-electron chi connectivity index (χ1n) is 7.19. The van der Waals surface area contributed by atoms with E-state index in [2.05, 4.69) is 10.5 Å². The van der Waals surface area contributed by atoms with Crippen molar-refractivity contribution >= 4 is 52.0 Å². The van der Waals surface area contributed by atoms with E-state index in [0.717, 1.165) is 0 Å². The summed E-state index contributed by atoms with van der Waals surface area (Å²) < 4.78 is 11.5. The quantitative estimate of drug-likeness (QED) is 0.349. The second kappa shape index (κ2) is 9.37. The van der Waals surface area contributed by atoms with Gasteiger partial charge in [0.1, 0.15) is 0 Å². The molecule has 0 fully saturated rings. The van der Waals surface area contributed by atoms with Gasteiger partial charge in [-0.1, -0.05) is 6.07 Å². The fraction of sp³-hybridized carbons (Fsp3) is 0.188. The topological polar surface area (TPSA) is 97.2 Å². The van der Waals surface area contributed by atoms with Gasteiger partial charge >= 0.3 is 5.97 Å². The predicted molar refractivity (Wildman–Crippen MR) is 103 cm³/mol. The molecule has 1 heterocycles. The zero-order valence-corrected chi connectivity index (χ0v) is 16.2. The van der Waals surface area contributed by atoms with E-state index in [0.29, 0.717) is 32.1 Å². The third-order valence-electron chi connectivity index (χ3n) is 2.80. The van der Waals surface area contributed by atoms with Crippen molar-refractivity contribution in [2.24, 2.45) is 5.10 Å². The van der Waals surface area contributed by atoms with Crippen LogP contribution in [-0.2, 0) is 4.79 Å². The minimum absolute atomic E-state index is 0.285. The largest absolute Gasteiger partial charge is 0.490 e. The highest BCUT2D eigenvalue weighted by atomic mass is 127. The molecule has 0 aliphatic heterocycles. The molecule has 0 bridgehead atoms. The number of benzene rings is 1. The van der Waals surface area contributed by atoms with Crippen LogP contribution in [0.15, 0.2) is 34.7 Å². The number of ether oxygens (including phenoxy) is 2. The number of amides is 1.